The molecule has 0 saturated carbocycles. The zero-order valence-electron chi connectivity index (χ0n) is 41.3. The molecule has 0 amide bonds. The summed E-state index contributed by atoms with van der Waals surface area (Å²) in [6, 6.07) is 23.8. The number of rotatable bonds is 20. The van der Waals surface area contributed by atoms with Crippen molar-refractivity contribution in [3.63, 3.8) is 0 Å². The molecular formula is C45H37N9O22S6. The molecule has 0 heterocycles. The van der Waals surface area contributed by atoms with Crippen molar-refractivity contribution in [2.45, 2.75) is 36.3 Å². The minimum atomic E-state index is -4.92. The number of phenolic OH excluding ortho intramolecular Hbond substituents is 3. The van der Waals surface area contributed by atoms with E-state index in [4.69, 9.17) is 26.2 Å². The van der Waals surface area contributed by atoms with E-state index < -0.39 is 73.7 Å². The Labute approximate surface area is 473 Å². The Morgan fingerprint density at radius 1 is 0.488 bits per heavy atom. The number of hydrogen-bond donors (Lipinski definition) is 10. The Bertz CT molecular complexity index is 4260. The summed E-state index contributed by atoms with van der Waals surface area (Å²) in [6.07, 6.45) is 0. The van der Waals surface area contributed by atoms with Gasteiger partial charge in [-0.05, 0) is 89.8 Å². The molecule has 0 aromatic heterocycles. The van der Waals surface area contributed by atoms with Gasteiger partial charge in [0, 0.05) is 17.8 Å². The Morgan fingerprint density at radius 3 is 1.66 bits per heavy atom. The van der Waals surface area contributed by atoms with Gasteiger partial charge in [-0.3, -0.25) is 13.7 Å². The van der Waals surface area contributed by atoms with E-state index in [9.17, 15) is 54.2 Å². The Morgan fingerprint density at radius 2 is 1.04 bits per heavy atom. The van der Waals surface area contributed by atoms with Crippen LogP contribution in [-0.2, 0) is 58.5 Å². The number of nitrogens with two attached hydrogens (primary N) is 1. The van der Waals surface area contributed by atoms with E-state index in [2.05, 4.69) is 69.0 Å². The molecule has 0 aliphatic rings. The summed E-state index contributed by atoms with van der Waals surface area (Å²) in [6.45, 7) is 1.80. The molecule has 0 saturated heterocycles. The molecule has 0 aliphatic carbocycles. The maximum atomic E-state index is 12.1. The monoisotopic (exact) mass is 1250 g/mol. The van der Waals surface area contributed by atoms with Gasteiger partial charge in [-0.1, -0.05) is 57.1 Å². The topological polar surface area (TPSA) is 474 Å². The molecule has 0 bridgehead atoms. The minimum absolute atomic E-state index is 0.0300. The fourth-order valence-corrected chi connectivity index (χ4v) is 10.8. The SMILES string of the molecule is CN=Nc1c(S(=O)(=O)O)cc2cc(SOOO)c(N=Nc3ccc4cc(SOOO)c(N=Nc5ccccc5S(=O)(=O)O)c(O)c4c3)c(N)c2c1O.COc1ccc(N=Nc2c(S(=O)(=O)O)cc3cc(C)ccc3c2O)c(SOOO)c1. The highest BCUT2D eigenvalue weighted by Gasteiger charge is 2.27. The van der Waals surface area contributed by atoms with Crippen molar-refractivity contribution in [3.05, 3.63) is 109 Å². The van der Waals surface area contributed by atoms with Crippen LogP contribution < -0.4 is 10.5 Å². The van der Waals surface area contributed by atoms with Gasteiger partial charge in [0.15, 0.2) is 17.2 Å². The highest BCUT2D eigenvalue weighted by atomic mass is 32.2. The molecule has 37 heteroatoms. The van der Waals surface area contributed by atoms with Crippen LogP contribution >= 0.6 is 36.1 Å². The van der Waals surface area contributed by atoms with Crippen molar-refractivity contribution in [2.24, 2.45) is 40.9 Å². The van der Waals surface area contributed by atoms with Gasteiger partial charge < -0.3 is 25.8 Å². The van der Waals surface area contributed by atoms with Gasteiger partial charge in [0.25, 0.3) is 30.4 Å². The predicted octanol–water partition coefficient (Wildman–Crippen LogP) is 12.8. The third-order valence-electron chi connectivity index (χ3n) is 10.9. The highest BCUT2D eigenvalue weighted by molar-refractivity contribution is 7.95. The number of hydrogen-bond acceptors (Lipinski definition) is 31. The zero-order valence-corrected chi connectivity index (χ0v) is 46.2. The van der Waals surface area contributed by atoms with Gasteiger partial charge in [0.2, 0.25) is 0 Å². The lowest BCUT2D eigenvalue weighted by Gasteiger charge is -2.14. The van der Waals surface area contributed by atoms with E-state index in [1.54, 1.807) is 31.2 Å². The number of nitrogens with zero attached hydrogens (tertiary/aromatic N) is 8. The van der Waals surface area contributed by atoms with Crippen molar-refractivity contribution < 1.29 is 103 Å². The van der Waals surface area contributed by atoms with Crippen LogP contribution in [0.2, 0.25) is 0 Å². The number of phenols is 3. The number of aromatic hydroxyl groups is 3. The van der Waals surface area contributed by atoms with Gasteiger partial charge in [-0.15, -0.1) is 38.6 Å². The summed E-state index contributed by atoms with van der Waals surface area (Å²) in [5, 5.41) is 102. The van der Waals surface area contributed by atoms with Crippen LogP contribution in [0.1, 0.15) is 5.56 Å². The lowest BCUT2D eigenvalue weighted by molar-refractivity contribution is -0.432. The average Bonchev–Trinajstić information content (AvgIpc) is 3.64. The standard InChI is InChI=1S/C27H21N7O14S4.C18H16N2O8S2/c1-29-32-25-20(52(42,43)44)10-13-9-17(49-47-45-37)23(22(28)21(13)27(25)36)33-30-14-7-6-12-8-18(50-48-46-38)24(26(35)15(12)11-14)34-31-16-4-2-3-5-19(16)51(39,40)41;1-10-3-5-13-11(7-10)8-16(30(23,24)25)17(18(13)21)20-19-14-6-4-12(26-2)9-15(14)29-28-27-22/h2-11,35-38H,28H2,1H3,(H,39,40,41)(H,42,43,44);3-9,21-22H,1-2H3,(H,23,24,25). The second-order valence-electron chi connectivity index (χ2n) is 15.9. The Balaban J connectivity index is 0.000000273. The van der Waals surface area contributed by atoms with Crippen molar-refractivity contribution >= 4 is 144 Å². The van der Waals surface area contributed by atoms with Gasteiger partial charge in [-0.25, -0.2) is 15.8 Å². The van der Waals surface area contributed by atoms with Crippen LogP contribution in [0.3, 0.4) is 0 Å². The van der Waals surface area contributed by atoms with Crippen molar-refractivity contribution in [3.8, 4) is 23.0 Å². The second-order valence-corrected chi connectivity index (χ2v) is 22.3. The Hall–Kier alpha value is -7.64. The van der Waals surface area contributed by atoms with E-state index in [0.29, 0.717) is 62.9 Å². The molecule has 430 valence electrons. The normalized spacial score (nSPS) is 12.5. The lowest BCUT2D eigenvalue weighted by Crippen LogP contribution is -2.00. The van der Waals surface area contributed by atoms with Crippen LogP contribution in [0.15, 0.2) is 173 Å². The first-order chi connectivity index (χ1) is 38.9. The number of aryl methyl sites for hydroxylation is 1. The number of benzene rings is 8. The maximum absolute atomic E-state index is 12.1. The van der Waals surface area contributed by atoms with E-state index >= 15 is 0 Å². The quantitative estimate of drug-likeness (QED) is 0.00846. The molecule has 0 unspecified atom stereocenters. The van der Waals surface area contributed by atoms with Crippen LogP contribution in [0, 0.1) is 6.92 Å². The van der Waals surface area contributed by atoms with Crippen LogP contribution in [0.5, 0.6) is 23.0 Å². The summed E-state index contributed by atoms with van der Waals surface area (Å²) < 4.78 is 119. The highest BCUT2D eigenvalue weighted by Crippen LogP contribution is 2.51. The Kier molecular flexibility index (Phi) is 20.0. The summed E-state index contributed by atoms with van der Waals surface area (Å²) in [7, 11) is -11.7. The summed E-state index contributed by atoms with van der Waals surface area (Å²) in [5.41, 5.74) is 5.38. The van der Waals surface area contributed by atoms with Gasteiger partial charge in [0.1, 0.15) is 54.6 Å². The minimum Gasteiger partial charge on any atom is -0.505 e. The first-order valence-electron chi connectivity index (χ1n) is 21.8. The first-order valence-corrected chi connectivity index (χ1v) is 28.4. The molecule has 8 aromatic rings. The molecule has 8 rings (SSSR count). The molecule has 0 fully saturated rings. The van der Waals surface area contributed by atoms with Crippen molar-refractivity contribution in [2.75, 3.05) is 19.9 Å². The van der Waals surface area contributed by atoms with E-state index in [0.717, 1.165) is 17.7 Å². The number of anilines is 1. The fraction of sp³-hybridized carbons (Fsp3) is 0.0667. The first kappa shape index (κ1) is 62.0. The third kappa shape index (κ3) is 14.3. The van der Waals surface area contributed by atoms with E-state index in [-0.39, 0.29) is 60.1 Å². The van der Waals surface area contributed by atoms with E-state index in [1.807, 2.05) is 0 Å². The number of fused-ring (bicyclic) bond motifs is 3. The predicted molar refractivity (Wildman–Crippen MR) is 290 cm³/mol. The molecule has 8 aromatic carbocycles. The second kappa shape index (κ2) is 26.5. The fourth-order valence-electron chi connectivity index (χ4n) is 7.39. The zero-order chi connectivity index (χ0) is 59.7. The van der Waals surface area contributed by atoms with Gasteiger partial charge in [0.05, 0.1) is 74.7 Å². The molecule has 82 heavy (non-hydrogen) atoms. The molecule has 11 N–H and O–H groups in total. The summed E-state index contributed by atoms with van der Waals surface area (Å²) in [4.78, 5) is -1.64. The molecule has 0 radical (unpaired) electrons. The molecule has 0 atom stereocenters. The number of azo groups is 4. The molecule has 31 nitrogen and oxygen atoms in total. The van der Waals surface area contributed by atoms with Gasteiger partial charge in [-0.2, -0.15) is 40.6 Å². The number of methoxy groups -OCH3 is 1. The van der Waals surface area contributed by atoms with Gasteiger partial charge >= 0.3 is 0 Å². The smallest absolute Gasteiger partial charge is 0.296 e. The van der Waals surface area contributed by atoms with Crippen molar-refractivity contribution in [1.82, 2.24) is 0 Å². The number of nitrogen functional groups attached to an aromatic ring is 1. The summed E-state index contributed by atoms with van der Waals surface area (Å²) >= 11 is 1.38. The maximum Gasteiger partial charge on any atom is 0.296 e. The third-order valence-corrected chi connectivity index (χ3v) is 15.4. The number of ether oxygens (including phenoxy) is 1. The van der Waals surface area contributed by atoms with Crippen LogP contribution in [0.4, 0.5) is 45.5 Å². The van der Waals surface area contributed by atoms with Crippen molar-refractivity contribution in [1.29, 1.82) is 0 Å². The lowest BCUT2D eigenvalue weighted by atomic mass is 10.1. The largest absolute Gasteiger partial charge is 0.505 e. The van der Waals surface area contributed by atoms with Crippen LogP contribution in [0.25, 0.3) is 32.3 Å². The molecule has 0 spiro atoms. The molecule has 0 aliphatic heterocycles. The molecular weight excluding hydrogens is 1210 g/mol. The van der Waals surface area contributed by atoms with Crippen LogP contribution in [-0.4, -0.2) is 84.2 Å². The summed E-state index contributed by atoms with van der Waals surface area (Å²) in [5.74, 6) is -1.32. The average molecular weight is 1250 g/mol. The van der Waals surface area contributed by atoms with E-state index in [1.165, 1.54) is 80.9 Å².